The standard InChI is InChI=1S/C32H41N9O3.C27H33N9O/c1-8-40-19-24(17-34-40)35-29-33-13-11-26(36-29)22-9-10-25-21(16-28(42)27-20-41(38-37-27)31(2,3)4)12-14-39(18-23(25)15-22)30(43)44-32(5,6)7;1-5-35-16-21(15-30-35)31-26-29-11-9-23(32-26)19-6-7-22-18(8-10-28-14-20(22)12-19)13-25(37)24-17-36(34-33-24)27(2,3)4/h9-11,13,15,17,19-21H,8,12,14,16,18H2,1-7H3,(H,33,35,36);6-7,9,11-12,15-18,28H,5,8,10,13-14H2,1-4H3,(H,29,31,32). The smallest absolute Gasteiger partial charge is 0.410 e. The molecule has 2 unspecified atom stereocenters. The number of aryl methyl sites for hydroxylation is 2. The van der Waals surface area contributed by atoms with Gasteiger partial charge in [0.15, 0.2) is 11.6 Å². The molecular weight excluding hydrogens is 1020 g/mol. The Balaban J connectivity index is 0.000000198. The average Bonchev–Trinajstić information content (AvgIpc) is 4.45. The molecule has 2 aliphatic rings. The second kappa shape index (κ2) is 24.1. The summed E-state index contributed by atoms with van der Waals surface area (Å²) in [4.78, 5) is 59.7. The van der Waals surface area contributed by atoms with Gasteiger partial charge in [-0.15, -0.1) is 10.2 Å². The Bertz CT molecular complexity index is 3500. The molecule has 0 saturated heterocycles. The highest BCUT2D eigenvalue weighted by atomic mass is 16.6. The van der Waals surface area contributed by atoms with Gasteiger partial charge in [-0.05, 0) is 154 Å². The predicted molar refractivity (Wildman–Crippen MR) is 308 cm³/mol. The lowest BCUT2D eigenvalue weighted by molar-refractivity contribution is 0.0234. The Kier molecular flexibility index (Phi) is 17.0. The summed E-state index contributed by atoms with van der Waals surface area (Å²) < 4.78 is 12.9. The number of fused-ring (bicyclic) bond motifs is 2. The van der Waals surface area contributed by atoms with E-state index < -0.39 is 5.60 Å². The van der Waals surface area contributed by atoms with Crippen LogP contribution in [0, 0.1) is 0 Å². The number of benzene rings is 2. The molecule has 22 nitrogen and oxygen atoms in total. The first-order chi connectivity index (χ1) is 38.6. The molecule has 1 amide bonds. The van der Waals surface area contributed by atoms with Gasteiger partial charge in [0.05, 0.1) is 58.6 Å². The molecule has 2 atom stereocenters. The maximum absolute atomic E-state index is 13.4. The lowest BCUT2D eigenvalue weighted by Crippen LogP contribution is -2.36. The van der Waals surface area contributed by atoms with Crippen LogP contribution in [-0.4, -0.2) is 111 Å². The third kappa shape index (κ3) is 14.5. The van der Waals surface area contributed by atoms with E-state index in [-0.39, 0.29) is 47.0 Å². The molecule has 0 aliphatic carbocycles. The largest absolute Gasteiger partial charge is 0.444 e. The summed E-state index contributed by atoms with van der Waals surface area (Å²) in [6, 6.07) is 16.3. The molecule has 22 heteroatoms. The van der Waals surface area contributed by atoms with Crippen LogP contribution in [-0.2, 0) is 42.0 Å². The summed E-state index contributed by atoms with van der Waals surface area (Å²) in [6.07, 6.45) is 16.0. The minimum absolute atomic E-state index is 0.0235. The maximum Gasteiger partial charge on any atom is 0.410 e. The van der Waals surface area contributed by atoms with Crippen molar-refractivity contribution in [2.45, 2.75) is 157 Å². The number of anilines is 4. The van der Waals surface area contributed by atoms with Gasteiger partial charge in [0, 0.05) is 81.5 Å². The molecular formula is C59H74N18O4. The van der Waals surface area contributed by atoms with Crippen LogP contribution in [0.2, 0.25) is 0 Å². The van der Waals surface area contributed by atoms with Crippen LogP contribution < -0.4 is 16.0 Å². The van der Waals surface area contributed by atoms with Crippen LogP contribution in [0.3, 0.4) is 0 Å². The number of hydrogen-bond donors (Lipinski definition) is 3. The van der Waals surface area contributed by atoms with E-state index in [4.69, 9.17) is 14.7 Å². The van der Waals surface area contributed by atoms with Crippen molar-refractivity contribution in [1.82, 2.24) is 79.7 Å². The summed E-state index contributed by atoms with van der Waals surface area (Å²) >= 11 is 0. The monoisotopic (exact) mass is 1100 g/mol. The first-order valence-electron chi connectivity index (χ1n) is 27.7. The molecule has 8 heterocycles. The normalized spacial score (nSPS) is 15.6. The number of ether oxygens (including phenoxy) is 1. The molecule has 2 aromatic carbocycles. The van der Waals surface area contributed by atoms with Crippen molar-refractivity contribution >= 4 is 40.9 Å². The Hall–Kier alpha value is -8.53. The molecule has 6 aromatic heterocycles. The molecule has 0 radical (unpaired) electrons. The van der Waals surface area contributed by atoms with Crippen molar-refractivity contribution in [3.63, 3.8) is 0 Å². The number of nitrogens with zero attached hydrogens (tertiary/aromatic N) is 15. The van der Waals surface area contributed by atoms with Crippen LogP contribution in [0.1, 0.15) is 157 Å². The van der Waals surface area contributed by atoms with Crippen molar-refractivity contribution in [2.24, 2.45) is 0 Å². The van der Waals surface area contributed by atoms with Crippen LogP contribution in [0.4, 0.5) is 28.1 Å². The van der Waals surface area contributed by atoms with Gasteiger partial charge in [-0.2, -0.15) is 10.2 Å². The number of carbonyl (C=O) groups is 3. The molecule has 8 aromatic rings. The van der Waals surface area contributed by atoms with Gasteiger partial charge in [-0.1, -0.05) is 34.7 Å². The fourth-order valence-electron chi connectivity index (χ4n) is 9.65. The summed E-state index contributed by atoms with van der Waals surface area (Å²) in [6.45, 7) is 25.8. The van der Waals surface area contributed by atoms with E-state index in [2.05, 4.69) is 74.9 Å². The number of ketones is 2. The molecule has 3 N–H and O–H groups in total. The average molecular weight is 1100 g/mol. The van der Waals surface area contributed by atoms with E-state index in [9.17, 15) is 14.4 Å². The lowest BCUT2D eigenvalue weighted by atomic mass is 9.87. The zero-order chi connectivity index (χ0) is 57.6. The Morgan fingerprint density at radius 3 is 1.60 bits per heavy atom. The first kappa shape index (κ1) is 57.2. The minimum Gasteiger partial charge on any atom is -0.444 e. The first-order valence-corrected chi connectivity index (χ1v) is 27.7. The summed E-state index contributed by atoms with van der Waals surface area (Å²) in [5, 5.41) is 35.2. The maximum atomic E-state index is 13.4. The van der Waals surface area contributed by atoms with Gasteiger partial charge in [0.1, 0.15) is 17.0 Å². The van der Waals surface area contributed by atoms with E-state index in [1.807, 2.05) is 128 Å². The van der Waals surface area contributed by atoms with E-state index in [0.717, 1.165) is 77.6 Å². The quantitative estimate of drug-likeness (QED) is 0.0857. The molecule has 0 saturated carbocycles. The van der Waals surface area contributed by atoms with Crippen LogP contribution in [0.15, 0.2) is 98.1 Å². The number of Topliss-reactive ketones (excluding diaryl/α,β-unsaturated/α-hetero) is 2. The Morgan fingerprint density at radius 1 is 0.642 bits per heavy atom. The number of aromatic nitrogens is 14. The van der Waals surface area contributed by atoms with Gasteiger partial charge >= 0.3 is 6.09 Å². The number of rotatable bonds is 14. The third-order valence-electron chi connectivity index (χ3n) is 14.0. The van der Waals surface area contributed by atoms with E-state index in [1.165, 1.54) is 11.1 Å². The highest BCUT2D eigenvalue weighted by molar-refractivity contribution is 5.95. The van der Waals surface area contributed by atoms with Gasteiger partial charge in [0.2, 0.25) is 11.9 Å². The molecule has 0 spiro atoms. The van der Waals surface area contributed by atoms with Crippen molar-refractivity contribution < 1.29 is 19.1 Å². The van der Waals surface area contributed by atoms with Crippen LogP contribution in [0.5, 0.6) is 0 Å². The zero-order valence-electron chi connectivity index (χ0n) is 48.3. The molecule has 424 valence electrons. The van der Waals surface area contributed by atoms with Crippen molar-refractivity contribution in [2.75, 3.05) is 23.7 Å². The fraction of sp³-hybridized carbons (Fsp3) is 0.441. The zero-order valence-corrected chi connectivity index (χ0v) is 48.3. The minimum atomic E-state index is -0.625. The van der Waals surface area contributed by atoms with Crippen molar-refractivity contribution in [3.05, 3.63) is 132 Å². The lowest BCUT2D eigenvalue weighted by Gasteiger charge is -2.26. The fourth-order valence-corrected chi connectivity index (χ4v) is 9.65. The molecule has 81 heavy (non-hydrogen) atoms. The molecule has 0 bridgehead atoms. The Morgan fingerprint density at radius 2 is 1.14 bits per heavy atom. The van der Waals surface area contributed by atoms with Gasteiger partial charge in [-0.3, -0.25) is 19.0 Å². The highest BCUT2D eigenvalue weighted by Crippen LogP contribution is 2.36. The summed E-state index contributed by atoms with van der Waals surface area (Å²) in [5.74, 6) is 0.920. The van der Waals surface area contributed by atoms with Crippen molar-refractivity contribution in [1.29, 1.82) is 0 Å². The van der Waals surface area contributed by atoms with Crippen LogP contribution >= 0.6 is 0 Å². The molecule has 10 rings (SSSR count). The van der Waals surface area contributed by atoms with E-state index in [0.29, 0.717) is 49.2 Å². The van der Waals surface area contributed by atoms with E-state index in [1.54, 1.807) is 51.4 Å². The number of amides is 1. The number of hydrogen-bond acceptors (Lipinski definition) is 17. The highest BCUT2D eigenvalue weighted by Gasteiger charge is 2.31. The number of carbonyl (C=O) groups excluding carboxylic acids is 3. The topological polar surface area (TPSA) is 248 Å². The van der Waals surface area contributed by atoms with Gasteiger partial charge in [0.25, 0.3) is 0 Å². The summed E-state index contributed by atoms with van der Waals surface area (Å²) in [5.41, 5.74) is 9.10. The molecule has 2 aliphatic heterocycles. The van der Waals surface area contributed by atoms with E-state index >= 15 is 0 Å². The predicted octanol–water partition coefficient (Wildman–Crippen LogP) is 10.2. The Labute approximate surface area is 472 Å². The van der Waals surface area contributed by atoms with Gasteiger partial charge < -0.3 is 25.6 Å². The van der Waals surface area contributed by atoms with Crippen LogP contribution in [0.25, 0.3) is 22.5 Å². The van der Waals surface area contributed by atoms with Crippen molar-refractivity contribution in [3.8, 4) is 22.5 Å². The second-order valence-corrected chi connectivity index (χ2v) is 23.5. The second-order valence-electron chi connectivity index (χ2n) is 23.5. The molecule has 0 fully saturated rings. The summed E-state index contributed by atoms with van der Waals surface area (Å²) in [7, 11) is 0. The third-order valence-corrected chi connectivity index (χ3v) is 14.0. The van der Waals surface area contributed by atoms with Gasteiger partial charge in [-0.25, -0.2) is 34.1 Å². The number of nitrogens with one attached hydrogen (secondary N) is 3. The SMILES string of the molecule is CCn1cc(Nc2nccc(-c3ccc4c(c3)CN(C(=O)OC(C)(C)C)CCC4CC(=O)c3cn(C(C)(C)C)nn3)n2)cn1.CCn1cc(Nc2nccc(-c3ccc4c(c3)CNCCC4CC(=O)c3cn(C(C)(C)C)nn3)n2)cn1.